The fraction of sp³-hybridized carbons (Fsp3) is 0. The summed E-state index contributed by atoms with van der Waals surface area (Å²) in [4.78, 5) is 63.3. The van der Waals surface area contributed by atoms with E-state index >= 15 is 0 Å². The number of carbonyl (C=O) groups excluding carboxylic acids is 4. The summed E-state index contributed by atoms with van der Waals surface area (Å²) < 4.78 is 0. The predicted octanol–water partition coefficient (Wildman–Crippen LogP) is 5.68. The summed E-state index contributed by atoms with van der Waals surface area (Å²) >= 11 is 0. The molecular weight excluding hydrogens is 592 g/mol. The largest absolute Gasteiger partial charge is 0.398 e. The molecule has 5 N–H and O–H groups in total. The highest BCUT2D eigenvalue weighted by molar-refractivity contribution is 6.31. The number of nitrogens with zero attached hydrogens (tertiary/aromatic N) is 3. The molecule has 226 valence electrons. The molecule has 6 aromatic rings. The van der Waals surface area contributed by atoms with Crippen molar-refractivity contribution in [1.29, 1.82) is 0 Å². The Morgan fingerprint density at radius 2 is 0.936 bits per heavy atom. The van der Waals surface area contributed by atoms with Crippen molar-refractivity contribution in [2.24, 2.45) is 0 Å². The van der Waals surface area contributed by atoms with Crippen LogP contribution in [0.4, 0.5) is 23.3 Å². The number of nitrogens with two attached hydrogens (primary N) is 2. The van der Waals surface area contributed by atoms with Gasteiger partial charge in [-0.1, -0.05) is 103 Å². The Hall–Kier alpha value is -6.81. The van der Waals surface area contributed by atoms with Gasteiger partial charge in [-0.05, 0) is 12.1 Å². The van der Waals surface area contributed by atoms with E-state index in [1.54, 1.807) is 84.9 Å². The number of fused-ring (bicyclic) bond motifs is 4. The van der Waals surface area contributed by atoms with Crippen LogP contribution in [0.5, 0.6) is 0 Å². The first-order valence-electron chi connectivity index (χ1n) is 14.5. The average molecular weight is 617 g/mol. The molecule has 0 atom stereocenters. The fourth-order valence-electron chi connectivity index (χ4n) is 5.71. The van der Waals surface area contributed by atoms with Crippen molar-refractivity contribution >= 4 is 46.4 Å². The van der Waals surface area contributed by atoms with Crippen LogP contribution < -0.4 is 16.8 Å². The smallest absolute Gasteiger partial charge is 0.232 e. The summed E-state index contributed by atoms with van der Waals surface area (Å²) in [6, 6.07) is 33.0. The molecular formula is C37H24N6O4. The van der Waals surface area contributed by atoms with Gasteiger partial charge in [0.2, 0.25) is 11.9 Å². The topological polar surface area (TPSA) is 171 Å². The van der Waals surface area contributed by atoms with E-state index in [0.29, 0.717) is 61.7 Å². The maximum absolute atomic E-state index is 13.1. The Kier molecular flexibility index (Phi) is 7.14. The Labute approximate surface area is 268 Å². The van der Waals surface area contributed by atoms with E-state index in [4.69, 9.17) is 11.5 Å². The number of rotatable bonds is 3. The molecule has 1 aromatic heterocycles. The summed E-state index contributed by atoms with van der Waals surface area (Å²) in [7, 11) is 0. The van der Waals surface area contributed by atoms with Gasteiger partial charge in [0.1, 0.15) is 0 Å². The molecule has 2 aliphatic carbocycles. The number of aromatic nitrogens is 3. The molecule has 0 unspecified atom stereocenters. The van der Waals surface area contributed by atoms with Crippen LogP contribution in [0, 0.1) is 0 Å². The minimum atomic E-state index is -0.228. The zero-order valence-electron chi connectivity index (χ0n) is 24.6. The maximum atomic E-state index is 13.1. The molecule has 0 aliphatic heterocycles. The molecule has 5 aromatic carbocycles. The van der Waals surface area contributed by atoms with Crippen LogP contribution >= 0.6 is 0 Å². The van der Waals surface area contributed by atoms with Crippen molar-refractivity contribution in [2.45, 2.75) is 0 Å². The van der Waals surface area contributed by atoms with E-state index in [-0.39, 0.29) is 35.0 Å². The SMILES string of the molecule is Nc1cccc2c1C(=O)c1ccccc1C2=O.Nc1nc(Nc2cccc3c2C(=O)c2ccccc2C3=O)nc(-c2ccccc2)n1. The number of carbonyl (C=O) groups is 4. The number of benzene rings is 5. The lowest BCUT2D eigenvalue weighted by Gasteiger charge is -2.20. The highest BCUT2D eigenvalue weighted by atomic mass is 16.1. The maximum Gasteiger partial charge on any atom is 0.232 e. The van der Waals surface area contributed by atoms with Crippen LogP contribution in [-0.4, -0.2) is 38.1 Å². The molecule has 1 heterocycles. The van der Waals surface area contributed by atoms with Crippen molar-refractivity contribution in [3.8, 4) is 11.4 Å². The third-order valence-electron chi connectivity index (χ3n) is 7.87. The Bertz CT molecular complexity index is 2280. The van der Waals surface area contributed by atoms with Gasteiger partial charge in [-0.2, -0.15) is 15.0 Å². The van der Waals surface area contributed by atoms with Crippen LogP contribution in [-0.2, 0) is 0 Å². The van der Waals surface area contributed by atoms with E-state index in [2.05, 4.69) is 20.3 Å². The van der Waals surface area contributed by atoms with E-state index in [1.807, 2.05) is 30.3 Å². The van der Waals surface area contributed by atoms with E-state index in [0.717, 1.165) is 5.56 Å². The van der Waals surface area contributed by atoms with Gasteiger partial charge in [-0.25, -0.2) is 0 Å². The van der Waals surface area contributed by atoms with E-state index in [9.17, 15) is 19.2 Å². The monoisotopic (exact) mass is 616 g/mol. The van der Waals surface area contributed by atoms with Gasteiger partial charge in [0, 0.05) is 44.6 Å². The normalized spacial score (nSPS) is 12.6. The molecule has 0 amide bonds. The zero-order chi connectivity index (χ0) is 32.7. The number of hydrogen-bond donors (Lipinski definition) is 3. The van der Waals surface area contributed by atoms with Crippen LogP contribution in [0.25, 0.3) is 11.4 Å². The second-order valence-electron chi connectivity index (χ2n) is 10.7. The van der Waals surface area contributed by atoms with Crippen molar-refractivity contribution < 1.29 is 19.2 Å². The number of nitrogens with one attached hydrogen (secondary N) is 1. The molecule has 0 spiro atoms. The Morgan fingerprint density at radius 3 is 1.55 bits per heavy atom. The second-order valence-corrected chi connectivity index (χ2v) is 10.7. The lowest BCUT2D eigenvalue weighted by Crippen LogP contribution is -2.22. The first kappa shape index (κ1) is 28.9. The van der Waals surface area contributed by atoms with Crippen LogP contribution in [0.15, 0.2) is 115 Å². The number of anilines is 4. The third-order valence-corrected chi connectivity index (χ3v) is 7.87. The average Bonchev–Trinajstić information content (AvgIpc) is 3.10. The van der Waals surface area contributed by atoms with Gasteiger partial charge in [0.25, 0.3) is 0 Å². The number of hydrogen-bond acceptors (Lipinski definition) is 10. The molecule has 10 heteroatoms. The minimum absolute atomic E-state index is 0.0453. The zero-order valence-corrected chi connectivity index (χ0v) is 24.6. The standard InChI is InChI=1S/C23H15N5O2.C14H9NO2/c24-22-26-21(13-7-2-1-3-8-13)27-23(28-22)25-17-12-6-11-16-18(17)20(30)15-10-5-4-9-14(15)19(16)29;15-11-7-3-6-10-12(11)14(17)9-5-2-1-4-8(9)13(10)16/h1-12H,(H3,24,25,26,27,28);1-7H,15H2. The summed E-state index contributed by atoms with van der Waals surface area (Å²) in [5, 5.41) is 3.05. The highest BCUT2D eigenvalue weighted by Gasteiger charge is 2.32. The second kappa shape index (κ2) is 11.6. The van der Waals surface area contributed by atoms with E-state index < -0.39 is 0 Å². The van der Waals surface area contributed by atoms with Gasteiger partial charge >= 0.3 is 0 Å². The fourth-order valence-corrected chi connectivity index (χ4v) is 5.71. The minimum Gasteiger partial charge on any atom is -0.398 e. The molecule has 47 heavy (non-hydrogen) atoms. The van der Waals surface area contributed by atoms with Crippen LogP contribution in [0.2, 0.25) is 0 Å². The molecule has 8 rings (SSSR count). The van der Waals surface area contributed by atoms with Crippen LogP contribution in [0.3, 0.4) is 0 Å². The van der Waals surface area contributed by atoms with Crippen molar-refractivity contribution in [2.75, 3.05) is 16.8 Å². The lowest BCUT2D eigenvalue weighted by molar-refractivity contribution is 0.0979. The quantitative estimate of drug-likeness (QED) is 0.210. The van der Waals surface area contributed by atoms with Gasteiger partial charge in [0.05, 0.1) is 16.8 Å². The first-order valence-corrected chi connectivity index (χ1v) is 14.5. The third kappa shape index (κ3) is 5.09. The lowest BCUT2D eigenvalue weighted by atomic mass is 9.83. The van der Waals surface area contributed by atoms with Crippen molar-refractivity contribution in [1.82, 2.24) is 15.0 Å². The molecule has 0 bridgehead atoms. The van der Waals surface area contributed by atoms with Crippen molar-refractivity contribution in [3.63, 3.8) is 0 Å². The van der Waals surface area contributed by atoms with E-state index in [1.165, 1.54) is 0 Å². The Morgan fingerprint density at radius 1 is 0.447 bits per heavy atom. The summed E-state index contributed by atoms with van der Waals surface area (Å²) in [6.07, 6.45) is 0. The molecule has 0 saturated heterocycles. The predicted molar refractivity (Wildman–Crippen MR) is 177 cm³/mol. The molecule has 0 fully saturated rings. The molecule has 10 nitrogen and oxygen atoms in total. The highest BCUT2D eigenvalue weighted by Crippen LogP contribution is 2.33. The first-order chi connectivity index (χ1) is 22.8. The van der Waals surface area contributed by atoms with Crippen molar-refractivity contribution in [3.05, 3.63) is 160 Å². The summed E-state index contributed by atoms with van der Waals surface area (Å²) in [6.45, 7) is 0. The van der Waals surface area contributed by atoms with Gasteiger partial charge in [0.15, 0.2) is 29.0 Å². The van der Waals surface area contributed by atoms with Crippen LogP contribution in [0.1, 0.15) is 63.7 Å². The number of nitrogen functional groups attached to an aromatic ring is 2. The molecule has 0 saturated carbocycles. The number of ketones is 4. The van der Waals surface area contributed by atoms with Gasteiger partial charge in [-0.15, -0.1) is 0 Å². The van der Waals surface area contributed by atoms with Gasteiger partial charge < -0.3 is 16.8 Å². The summed E-state index contributed by atoms with van der Waals surface area (Å²) in [5.41, 5.74) is 16.3. The Balaban J connectivity index is 0.000000174. The molecule has 0 radical (unpaired) electrons. The van der Waals surface area contributed by atoms with Gasteiger partial charge in [-0.3, -0.25) is 19.2 Å². The molecule has 2 aliphatic rings. The summed E-state index contributed by atoms with van der Waals surface area (Å²) in [5.74, 6) is -0.0886.